The van der Waals surface area contributed by atoms with Gasteiger partial charge in [-0.1, -0.05) is 43.0 Å². The maximum absolute atomic E-state index is 12.4. The number of fused-ring (bicyclic) bond motifs is 3. The second-order valence-corrected chi connectivity index (χ2v) is 10.9. The van der Waals surface area contributed by atoms with E-state index < -0.39 is 21.9 Å². The van der Waals surface area contributed by atoms with Gasteiger partial charge in [0, 0.05) is 34.3 Å². The summed E-state index contributed by atoms with van der Waals surface area (Å²) < 4.78 is 26.0. The van der Waals surface area contributed by atoms with Crippen molar-refractivity contribution in [2.45, 2.75) is 32.6 Å². The Morgan fingerprint density at radius 2 is 1.85 bits per heavy atom. The van der Waals surface area contributed by atoms with E-state index in [4.69, 9.17) is 5.73 Å². The van der Waals surface area contributed by atoms with Gasteiger partial charge in [0.2, 0.25) is 0 Å². The topological polar surface area (TPSA) is 120 Å². The molecule has 0 aliphatic rings. The number of aromatic nitrogens is 1. The van der Waals surface area contributed by atoms with E-state index in [-0.39, 0.29) is 0 Å². The summed E-state index contributed by atoms with van der Waals surface area (Å²) in [5, 5.41) is 23.4. The highest BCUT2D eigenvalue weighted by molar-refractivity contribution is 7.95. The Kier molecular flexibility index (Phi) is 5.81. The zero-order valence-electron chi connectivity index (χ0n) is 19.6. The van der Waals surface area contributed by atoms with Crippen LogP contribution in [-0.4, -0.2) is 30.7 Å². The van der Waals surface area contributed by atoms with Gasteiger partial charge in [-0.3, -0.25) is 4.31 Å². The second-order valence-electron chi connectivity index (χ2n) is 8.97. The van der Waals surface area contributed by atoms with E-state index in [2.05, 4.69) is 11.6 Å². The van der Waals surface area contributed by atoms with Crippen LogP contribution >= 0.6 is 0 Å². The third kappa shape index (κ3) is 3.88. The summed E-state index contributed by atoms with van der Waals surface area (Å²) >= 11 is 0. The number of anilines is 1. The van der Waals surface area contributed by atoms with Gasteiger partial charge in [0.1, 0.15) is 6.23 Å². The van der Waals surface area contributed by atoms with Crippen LogP contribution in [0.4, 0.5) is 5.69 Å². The van der Waals surface area contributed by atoms with Crippen molar-refractivity contribution in [1.29, 1.82) is 0 Å². The largest absolute Gasteiger partial charge is 0.386 e. The fourth-order valence-electron chi connectivity index (χ4n) is 4.39. The molecule has 178 valence electrons. The maximum Gasteiger partial charge on any atom is 0.256 e. The van der Waals surface area contributed by atoms with Gasteiger partial charge >= 0.3 is 0 Å². The Balaban J connectivity index is 2.05. The molecule has 0 bridgehead atoms. The SMILES string of the molecule is C=CS(=O)(=O)N(C)c1cccc(-c2ccc(C(N)O)c3[nH]c4cc(C(C)(C)O)ccc4c23)c1C. The predicted octanol–water partition coefficient (Wildman–Crippen LogP) is 4.38. The number of nitrogens with zero attached hydrogens (tertiary/aromatic N) is 1. The zero-order valence-corrected chi connectivity index (χ0v) is 20.4. The summed E-state index contributed by atoms with van der Waals surface area (Å²) in [4.78, 5) is 3.37. The second kappa shape index (κ2) is 8.25. The summed E-state index contributed by atoms with van der Waals surface area (Å²) in [7, 11) is -2.16. The van der Waals surface area contributed by atoms with Crippen LogP contribution in [0, 0.1) is 6.92 Å². The Morgan fingerprint density at radius 1 is 1.15 bits per heavy atom. The third-order valence-corrected chi connectivity index (χ3v) is 7.72. The number of sulfonamides is 1. The smallest absolute Gasteiger partial charge is 0.256 e. The Hall–Kier alpha value is -3.17. The molecule has 0 aliphatic heterocycles. The van der Waals surface area contributed by atoms with Gasteiger partial charge in [-0.2, -0.15) is 0 Å². The van der Waals surface area contributed by atoms with Crippen LogP contribution in [0.25, 0.3) is 32.9 Å². The van der Waals surface area contributed by atoms with Crippen LogP contribution < -0.4 is 10.0 Å². The minimum absolute atomic E-state index is 0.539. The molecule has 0 amide bonds. The Bertz CT molecular complexity index is 1530. The number of benzene rings is 3. The van der Waals surface area contributed by atoms with Gasteiger partial charge in [0.05, 0.1) is 16.8 Å². The molecule has 34 heavy (non-hydrogen) atoms. The molecule has 1 aromatic heterocycles. The molecular formula is C26H29N3O4S. The summed E-state index contributed by atoms with van der Waals surface area (Å²) in [6, 6.07) is 14.9. The number of nitrogens with one attached hydrogen (secondary N) is 1. The van der Waals surface area contributed by atoms with Crippen LogP contribution in [0.15, 0.2) is 60.5 Å². The van der Waals surface area contributed by atoms with E-state index >= 15 is 0 Å². The normalized spacial score (nSPS) is 13.4. The van der Waals surface area contributed by atoms with Crippen molar-refractivity contribution in [2.24, 2.45) is 5.73 Å². The van der Waals surface area contributed by atoms with Crippen molar-refractivity contribution in [2.75, 3.05) is 11.4 Å². The monoisotopic (exact) mass is 479 g/mol. The number of aliphatic hydroxyl groups is 2. The molecule has 1 unspecified atom stereocenters. The van der Waals surface area contributed by atoms with E-state index in [0.29, 0.717) is 16.8 Å². The van der Waals surface area contributed by atoms with E-state index in [9.17, 15) is 18.6 Å². The highest BCUT2D eigenvalue weighted by Crippen LogP contribution is 2.41. The first kappa shape index (κ1) is 24.0. The molecule has 8 heteroatoms. The molecule has 3 aromatic carbocycles. The average Bonchev–Trinajstić information content (AvgIpc) is 3.16. The summed E-state index contributed by atoms with van der Waals surface area (Å²) in [5.74, 6) is 0. The summed E-state index contributed by atoms with van der Waals surface area (Å²) in [6.45, 7) is 8.74. The zero-order chi connectivity index (χ0) is 25.0. The number of aromatic amines is 1. The predicted molar refractivity (Wildman–Crippen MR) is 138 cm³/mol. The van der Waals surface area contributed by atoms with Gasteiger partial charge in [-0.15, -0.1) is 0 Å². The lowest BCUT2D eigenvalue weighted by Crippen LogP contribution is -2.24. The van der Waals surface area contributed by atoms with E-state index in [0.717, 1.165) is 44.0 Å². The van der Waals surface area contributed by atoms with E-state index in [1.807, 2.05) is 43.3 Å². The van der Waals surface area contributed by atoms with Crippen molar-refractivity contribution in [3.63, 3.8) is 0 Å². The number of hydrogen-bond acceptors (Lipinski definition) is 5. The summed E-state index contributed by atoms with van der Waals surface area (Å²) in [5.41, 5.74) is 10.6. The van der Waals surface area contributed by atoms with Crippen LogP contribution in [0.5, 0.6) is 0 Å². The first-order valence-electron chi connectivity index (χ1n) is 10.8. The lowest BCUT2D eigenvalue weighted by molar-refractivity contribution is 0.0787. The van der Waals surface area contributed by atoms with Crippen LogP contribution in [0.3, 0.4) is 0 Å². The quantitative estimate of drug-likeness (QED) is 0.306. The highest BCUT2D eigenvalue weighted by atomic mass is 32.2. The van der Waals surface area contributed by atoms with E-state index in [1.165, 1.54) is 11.4 Å². The highest BCUT2D eigenvalue weighted by Gasteiger charge is 2.22. The van der Waals surface area contributed by atoms with Crippen LogP contribution in [0.2, 0.25) is 0 Å². The molecule has 0 saturated heterocycles. The molecular weight excluding hydrogens is 450 g/mol. The standard InChI is InChI=1S/C26H29N3O4S/c1-6-34(32,33)29(5)22-9-7-8-17(15(22)2)18-12-13-20(25(27)30)24-23(18)19-11-10-16(26(3,4)31)14-21(19)28-24/h6-14,25,28,30-31H,1,27H2,2-5H3. The van der Waals surface area contributed by atoms with E-state index in [1.54, 1.807) is 26.0 Å². The fraction of sp³-hybridized carbons (Fsp3) is 0.231. The number of hydrogen-bond donors (Lipinski definition) is 4. The maximum atomic E-state index is 12.4. The van der Waals surface area contributed by atoms with Crippen molar-refractivity contribution >= 4 is 37.5 Å². The molecule has 4 aromatic rings. The minimum Gasteiger partial charge on any atom is -0.386 e. The van der Waals surface area contributed by atoms with Gasteiger partial charge in [-0.25, -0.2) is 8.42 Å². The van der Waals surface area contributed by atoms with Gasteiger partial charge in [0.25, 0.3) is 10.0 Å². The number of aliphatic hydroxyl groups excluding tert-OH is 1. The Morgan fingerprint density at radius 3 is 2.47 bits per heavy atom. The molecule has 7 nitrogen and oxygen atoms in total. The molecule has 0 saturated carbocycles. The molecule has 1 heterocycles. The van der Waals surface area contributed by atoms with Crippen molar-refractivity contribution in [3.8, 4) is 11.1 Å². The number of rotatable bonds is 6. The van der Waals surface area contributed by atoms with Gasteiger partial charge in [0.15, 0.2) is 0 Å². The molecule has 0 fully saturated rings. The average molecular weight is 480 g/mol. The number of nitrogens with two attached hydrogens (primary N) is 1. The molecule has 0 spiro atoms. The molecule has 4 rings (SSSR count). The fourth-order valence-corrected chi connectivity index (χ4v) is 5.09. The molecule has 0 aliphatic carbocycles. The molecule has 1 atom stereocenters. The lowest BCUT2D eigenvalue weighted by Gasteiger charge is -2.21. The Labute approximate surface area is 199 Å². The minimum atomic E-state index is -3.66. The first-order chi connectivity index (χ1) is 15.9. The van der Waals surface area contributed by atoms with Gasteiger partial charge in [-0.05, 0) is 55.2 Å². The van der Waals surface area contributed by atoms with Crippen molar-refractivity contribution in [1.82, 2.24) is 4.98 Å². The number of H-pyrrole nitrogens is 1. The van der Waals surface area contributed by atoms with Crippen molar-refractivity contribution in [3.05, 3.63) is 77.2 Å². The first-order valence-corrected chi connectivity index (χ1v) is 12.3. The summed E-state index contributed by atoms with van der Waals surface area (Å²) in [6.07, 6.45) is -1.19. The third-order valence-electron chi connectivity index (χ3n) is 6.34. The van der Waals surface area contributed by atoms with Gasteiger partial charge < -0.3 is 20.9 Å². The lowest BCUT2D eigenvalue weighted by atomic mass is 9.92. The van der Waals surface area contributed by atoms with Crippen molar-refractivity contribution < 1.29 is 18.6 Å². The molecule has 5 N–H and O–H groups in total. The van der Waals surface area contributed by atoms with Crippen LogP contribution in [0.1, 0.15) is 36.8 Å². The van der Waals surface area contributed by atoms with Crippen LogP contribution in [-0.2, 0) is 15.6 Å². The molecule has 0 radical (unpaired) electrons.